The first kappa shape index (κ1) is 13.6. The summed E-state index contributed by atoms with van der Waals surface area (Å²) >= 11 is 5.94. The lowest BCUT2D eigenvalue weighted by Crippen LogP contribution is -2.38. The number of rotatable bonds is 2. The third-order valence-corrected chi connectivity index (χ3v) is 3.40. The molecule has 1 aromatic rings. The van der Waals surface area contributed by atoms with E-state index < -0.39 is 0 Å². The molecule has 0 bridgehead atoms. The van der Waals surface area contributed by atoms with Crippen molar-refractivity contribution < 1.29 is 4.74 Å². The highest BCUT2D eigenvalue weighted by molar-refractivity contribution is 6.29. The zero-order valence-corrected chi connectivity index (χ0v) is 12.3. The van der Waals surface area contributed by atoms with Crippen LogP contribution in [0.15, 0.2) is 6.07 Å². The van der Waals surface area contributed by atoms with Gasteiger partial charge in [0, 0.05) is 6.07 Å². The summed E-state index contributed by atoms with van der Waals surface area (Å²) in [7, 11) is 0. The fourth-order valence-electron chi connectivity index (χ4n) is 2.57. The minimum atomic E-state index is -0.227. The second kappa shape index (κ2) is 4.35. The number of aromatic nitrogens is 2. The Labute approximate surface area is 113 Å². The maximum atomic E-state index is 6.04. The maximum Gasteiger partial charge on any atom is 0.134 e. The quantitative estimate of drug-likeness (QED) is 0.838. The Morgan fingerprint density at radius 3 is 2.50 bits per heavy atom. The first-order chi connectivity index (χ1) is 8.18. The smallest absolute Gasteiger partial charge is 0.134 e. The first-order valence-electron chi connectivity index (χ1n) is 6.16. The molecule has 4 nitrogen and oxygen atoms in total. The van der Waals surface area contributed by atoms with E-state index in [0.717, 1.165) is 12.2 Å². The van der Waals surface area contributed by atoms with E-state index in [1.54, 1.807) is 6.07 Å². The van der Waals surface area contributed by atoms with Gasteiger partial charge in [0.15, 0.2) is 0 Å². The normalized spacial score (nSPS) is 25.1. The average Bonchev–Trinajstić information content (AvgIpc) is 2.31. The molecule has 0 aromatic carbocycles. The molecular formula is C13H20ClN3O. The Balaban J connectivity index is 2.19. The fraction of sp³-hybridized carbons (Fsp3) is 0.692. The lowest BCUT2D eigenvalue weighted by atomic mass is 9.94. The molecule has 1 N–H and O–H groups in total. The van der Waals surface area contributed by atoms with Crippen molar-refractivity contribution >= 4 is 17.4 Å². The Morgan fingerprint density at radius 1 is 1.33 bits per heavy atom. The Hall–Kier alpha value is -0.870. The van der Waals surface area contributed by atoms with E-state index in [-0.39, 0.29) is 17.2 Å². The summed E-state index contributed by atoms with van der Waals surface area (Å²) < 4.78 is 6.04. The molecule has 5 heteroatoms. The number of nitrogens with zero attached hydrogens (tertiary/aromatic N) is 2. The Kier molecular flexibility index (Phi) is 3.28. The second-order valence-corrected chi connectivity index (χ2v) is 6.38. The topological polar surface area (TPSA) is 47.0 Å². The van der Waals surface area contributed by atoms with Gasteiger partial charge in [0.25, 0.3) is 0 Å². The van der Waals surface area contributed by atoms with Gasteiger partial charge < -0.3 is 10.1 Å². The number of halogens is 1. The predicted molar refractivity (Wildman–Crippen MR) is 73.0 cm³/mol. The van der Waals surface area contributed by atoms with Gasteiger partial charge in [0.1, 0.15) is 16.8 Å². The molecule has 1 atom stereocenters. The summed E-state index contributed by atoms with van der Waals surface area (Å²) in [5, 5.41) is 3.87. The highest BCUT2D eigenvalue weighted by atomic mass is 35.5. The number of ether oxygens (including phenoxy) is 1. The average molecular weight is 270 g/mol. The number of hydrogen-bond donors (Lipinski definition) is 1. The van der Waals surface area contributed by atoms with Gasteiger partial charge in [0.2, 0.25) is 0 Å². The van der Waals surface area contributed by atoms with E-state index in [4.69, 9.17) is 16.3 Å². The molecule has 1 aromatic heterocycles. The van der Waals surface area contributed by atoms with Crippen molar-refractivity contribution in [3.05, 3.63) is 17.0 Å². The van der Waals surface area contributed by atoms with Gasteiger partial charge in [-0.3, -0.25) is 0 Å². The SMILES string of the molecule is Cc1nc(Cl)cc(NC2CC(C)(C)OC2(C)C)n1. The molecule has 1 aliphatic heterocycles. The molecule has 0 radical (unpaired) electrons. The van der Waals surface area contributed by atoms with Crippen molar-refractivity contribution in [3.63, 3.8) is 0 Å². The van der Waals surface area contributed by atoms with Crippen LogP contribution in [0.3, 0.4) is 0 Å². The van der Waals surface area contributed by atoms with Crippen LogP contribution in [-0.4, -0.2) is 27.2 Å². The molecule has 1 saturated heterocycles. The summed E-state index contributed by atoms with van der Waals surface area (Å²) in [5.41, 5.74) is -0.345. The lowest BCUT2D eigenvalue weighted by molar-refractivity contribution is -0.0662. The molecule has 18 heavy (non-hydrogen) atoms. The highest BCUT2D eigenvalue weighted by Crippen LogP contribution is 2.38. The summed E-state index contributed by atoms with van der Waals surface area (Å²) in [6.07, 6.45) is 0.931. The van der Waals surface area contributed by atoms with E-state index in [1.807, 2.05) is 6.92 Å². The van der Waals surface area contributed by atoms with Gasteiger partial charge in [-0.2, -0.15) is 0 Å². The zero-order valence-electron chi connectivity index (χ0n) is 11.5. The Morgan fingerprint density at radius 2 is 2.00 bits per heavy atom. The molecule has 100 valence electrons. The number of anilines is 1. The van der Waals surface area contributed by atoms with E-state index in [0.29, 0.717) is 11.0 Å². The van der Waals surface area contributed by atoms with Crippen molar-refractivity contribution in [1.29, 1.82) is 0 Å². The predicted octanol–water partition coefficient (Wildman–Crippen LogP) is 3.20. The van der Waals surface area contributed by atoms with Gasteiger partial charge in [0.05, 0.1) is 17.2 Å². The summed E-state index contributed by atoms with van der Waals surface area (Å²) in [4.78, 5) is 8.41. The van der Waals surface area contributed by atoms with Crippen LogP contribution in [0, 0.1) is 6.92 Å². The summed E-state index contributed by atoms with van der Waals surface area (Å²) in [6, 6.07) is 1.95. The van der Waals surface area contributed by atoms with Crippen LogP contribution < -0.4 is 5.32 Å². The van der Waals surface area contributed by atoms with Crippen LogP contribution >= 0.6 is 11.6 Å². The van der Waals surface area contributed by atoms with Crippen LogP contribution in [0.4, 0.5) is 5.82 Å². The molecule has 2 rings (SSSR count). The lowest BCUT2D eigenvalue weighted by Gasteiger charge is -2.28. The van der Waals surface area contributed by atoms with Crippen molar-refractivity contribution in [2.45, 2.75) is 58.3 Å². The fourth-order valence-corrected chi connectivity index (χ4v) is 2.80. The minimum Gasteiger partial charge on any atom is -0.367 e. The minimum absolute atomic E-state index is 0.118. The molecule has 0 amide bonds. The molecule has 2 heterocycles. The number of aryl methyl sites for hydroxylation is 1. The standard InChI is InChI=1S/C13H20ClN3O/c1-8-15-10(14)6-11(16-8)17-9-7-12(2,3)18-13(9,4)5/h6,9H,7H2,1-5H3,(H,15,16,17). The highest BCUT2D eigenvalue weighted by Gasteiger charge is 2.45. The third kappa shape index (κ3) is 2.93. The molecule has 0 aliphatic carbocycles. The van der Waals surface area contributed by atoms with Crippen LogP contribution in [0.1, 0.15) is 39.9 Å². The monoisotopic (exact) mass is 269 g/mol. The molecule has 1 aliphatic rings. The summed E-state index contributed by atoms with van der Waals surface area (Å²) in [6.45, 7) is 10.2. The van der Waals surface area contributed by atoms with Crippen LogP contribution in [0.25, 0.3) is 0 Å². The molecule has 1 unspecified atom stereocenters. The molecule has 0 spiro atoms. The van der Waals surface area contributed by atoms with Gasteiger partial charge in [-0.1, -0.05) is 11.6 Å². The van der Waals surface area contributed by atoms with Crippen molar-refractivity contribution in [2.24, 2.45) is 0 Å². The second-order valence-electron chi connectivity index (χ2n) is 5.99. The Bertz CT molecular complexity index is 439. The van der Waals surface area contributed by atoms with Gasteiger partial charge in [-0.15, -0.1) is 0 Å². The van der Waals surface area contributed by atoms with Crippen LogP contribution in [0.2, 0.25) is 5.15 Å². The van der Waals surface area contributed by atoms with Gasteiger partial charge in [-0.25, -0.2) is 9.97 Å². The van der Waals surface area contributed by atoms with E-state index in [9.17, 15) is 0 Å². The van der Waals surface area contributed by atoms with Crippen molar-refractivity contribution in [1.82, 2.24) is 9.97 Å². The molecule has 0 saturated carbocycles. The molecule has 1 fully saturated rings. The van der Waals surface area contributed by atoms with Crippen LogP contribution in [-0.2, 0) is 4.74 Å². The number of nitrogens with one attached hydrogen (secondary N) is 1. The summed E-state index contributed by atoms with van der Waals surface area (Å²) in [5.74, 6) is 1.42. The maximum absolute atomic E-state index is 6.04. The van der Waals surface area contributed by atoms with E-state index in [1.165, 1.54) is 0 Å². The largest absolute Gasteiger partial charge is 0.367 e. The van der Waals surface area contributed by atoms with E-state index in [2.05, 4.69) is 43.0 Å². The van der Waals surface area contributed by atoms with Gasteiger partial charge in [-0.05, 0) is 41.0 Å². The van der Waals surface area contributed by atoms with Crippen molar-refractivity contribution in [2.75, 3.05) is 5.32 Å². The van der Waals surface area contributed by atoms with Crippen LogP contribution in [0.5, 0.6) is 0 Å². The molecular weight excluding hydrogens is 250 g/mol. The van der Waals surface area contributed by atoms with Gasteiger partial charge >= 0.3 is 0 Å². The first-order valence-corrected chi connectivity index (χ1v) is 6.54. The number of hydrogen-bond acceptors (Lipinski definition) is 4. The van der Waals surface area contributed by atoms with E-state index >= 15 is 0 Å². The third-order valence-electron chi connectivity index (χ3n) is 3.20. The van der Waals surface area contributed by atoms with Crippen molar-refractivity contribution in [3.8, 4) is 0 Å². The zero-order chi connectivity index (χ0) is 13.6.